The summed E-state index contributed by atoms with van der Waals surface area (Å²) in [5.41, 5.74) is 2.73. The number of aryl methyl sites for hydroxylation is 1. The maximum atomic E-state index is 11.9. The first-order valence-corrected chi connectivity index (χ1v) is 12.6. The summed E-state index contributed by atoms with van der Waals surface area (Å²) >= 11 is 0. The van der Waals surface area contributed by atoms with Gasteiger partial charge in [0, 0.05) is 12.1 Å². The molecule has 3 rings (SSSR count). The predicted octanol–water partition coefficient (Wildman–Crippen LogP) is 7.29. The molecule has 8 heteroatoms. The SMILES string of the molecule is [C-]#[N+]c1ccc(-c2ccc(CCNC(=O)OC(C)(C)C)cc2)c(Oc2cc(OCC(C)(C)C)nc(C)n2)c1. The number of nitrogens with one attached hydrogen (secondary N) is 1. The monoisotopic (exact) mass is 516 g/mol. The van der Waals surface area contributed by atoms with Crippen molar-refractivity contribution in [3.63, 3.8) is 0 Å². The van der Waals surface area contributed by atoms with Crippen molar-refractivity contribution in [3.8, 4) is 28.6 Å². The fourth-order valence-corrected chi connectivity index (χ4v) is 3.42. The third-order valence-corrected chi connectivity index (χ3v) is 5.10. The summed E-state index contributed by atoms with van der Waals surface area (Å²) in [5, 5.41) is 2.78. The van der Waals surface area contributed by atoms with E-state index in [0.717, 1.165) is 16.7 Å². The lowest BCUT2D eigenvalue weighted by Gasteiger charge is -2.19. The number of carbonyl (C=O) groups excluding carboxylic acids is 1. The molecule has 0 fully saturated rings. The van der Waals surface area contributed by atoms with Crippen LogP contribution in [0.5, 0.6) is 17.5 Å². The number of amides is 1. The largest absolute Gasteiger partial charge is 0.477 e. The summed E-state index contributed by atoms with van der Waals surface area (Å²) in [4.78, 5) is 24.2. The van der Waals surface area contributed by atoms with E-state index in [1.54, 1.807) is 25.1 Å². The Morgan fingerprint density at radius 2 is 1.66 bits per heavy atom. The van der Waals surface area contributed by atoms with Gasteiger partial charge in [0.15, 0.2) is 5.69 Å². The van der Waals surface area contributed by atoms with Gasteiger partial charge in [-0.15, -0.1) is 0 Å². The van der Waals surface area contributed by atoms with Crippen molar-refractivity contribution in [1.29, 1.82) is 0 Å². The van der Waals surface area contributed by atoms with Crippen molar-refractivity contribution >= 4 is 11.8 Å². The Morgan fingerprint density at radius 3 is 2.29 bits per heavy atom. The van der Waals surface area contributed by atoms with Crippen LogP contribution in [-0.4, -0.2) is 34.8 Å². The van der Waals surface area contributed by atoms with E-state index < -0.39 is 11.7 Å². The average molecular weight is 517 g/mol. The highest BCUT2D eigenvalue weighted by Gasteiger charge is 2.16. The molecule has 0 spiro atoms. The van der Waals surface area contributed by atoms with E-state index in [1.807, 2.05) is 51.1 Å². The van der Waals surface area contributed by atoms with Gasteiger partial charge in [0.05, 0.1) is 19.2 Å². The van der Waals surface area contributed by atoms with Crippen LogP contribution in [0.15, 0.2) is 48.5 Å². The smallest absolute Gasteiger partial charge is 0.407 e. The highest BCUT2D eigenvalue weighted by Crippen LogP contribution is 2.37. The van der Waals surface area contributed by atoms with E-state index >= 15 is 0 Å². The Kier molecular flexibility index (Phi) is 8.95. The van der Waals surface area contributed by atoms with Gasteiger partial charge in [-0.1, -0.05) is 57.2 Å². The van der Waals surface area contributed by atoms with Gasteiger partial charge in [0.25, 0.3) is 0 Å². The number of alkyl carbamates (subject to hydrolysis) is 1. The minimum Gasteiger partial charge on any atom is -0.477 e. The van der Waals surface area contributed by atoms with Crippen molar-refractivity contribution in [2.75, 3.05) is 13.2 Å². The van der Waals surface area contributed by atoms with Gasteiger partial charge in [-0.05, 0) is 56.7 Å². The first-order chi connectivity index (χ1) is 17.8. The Labute approximate surface area is 225 Å². The zero-order chi connectivity index (χ0) is 27.9. The molecule has 38 heavy (non-hydrogen) atoms. The first-order valence-electron chi connectivity index (χ1n) is 12.6. The van der Waals surface area contributed by atoms with E-state index in [9.17, 15) is 4.79 Å². The molecule has 0 atom stereocenters. The maximum Gasteiger partial charge on any atom is 0.407 e. The van der Waals surface area contributed by atoms with Crippen LogP contribution in [0.25, 0.3) is 16.0 Å². The second-order valence-electron chi connectivity index (χ2n) is 11.2. The molecule has 1 amide bonds. The average Bonchev–Trinajstić information content (AvgIpc) is 2.81. The van der Waals surface area contributed by atoms with Gasteiger partial charge in [0.2, 0.25) is 11.8 Å². The second-order valence-corrected chi connectivity index (χ2v) is 11.2. The lowest BCUT2D eigenvalue weighted by molar-refractivity contribution is 0.0528. The molecular weight excluding hydrogens is 480 g/mol. The fourth-order valence-electron chi connectivity index (χ4n) is 3.42. The summed E-state index contributed by atoms with van der Waals surface area (Å²) in [7, 11) is 0. The van der Waals surface area contributed by atoms with Crippen molar-refractivity contribution in [3.05, 3.63) is 71.3 Å². The number of aromatic nitrogens is 2. The van der Waals surface area contributed by atoms with Crippen LogP contribution in [-0.2, 0) is 11.2 Å². The molecule has 0 unspecified atom stereocenters. The standard InChI is InChI=1S/C30H36N4O4/c1-20-33-26(36-19-29(2,3)4)18-27(34-20)37-25-17-23(31-8)13-14-24(25)22-11-9-21(10-12-22)15-16-32-28(35)38-30(5,6)7/h9-14,17-18H,15-16,19H2,1-7H3,(H,32,35). The molecule has 0 saturated carbocycles. The molecule has 8 nitrogen and oxygen atoms in total. The molecule has 3 aromatic rings. The zero-order valence-electron chi connectivity index (χ0n) is 23.2. The van der Waals surface area contributed by atoms with Gasteiger partial charge in [-0.25, -0.2) is 9.64 Å². The predicted molar refractivity (Wildman–Crippen MR) is 148 cm³/mol. The van der Waals surface area contributed by atoms with Crippen molar-refractivity contribution in [2.24, 2.45) is 5.41 Å². The number of rotatable bonds is 8. The molecule has 1 N–H and O–H groups in total. The van der Waals surface area contributed by atoms with E-state index in [-0.39, 0.29) is 5.41 Å². The van der Waals surface area contributed by atoms with Gasteiger partial charge in [0.1, 0.15) is 17.2 Å². The molecule has 1 heterocycles. The molecule has 1 aromatic heterocycles. The van der Waals surface area contributed by atoms with Gasteiger partial charge >= 0.3 is 6.09 Å². The lowest BCUT2D eigenvalue weighted by Crippen LogP contribution is -2.33. The molecule has 0 bridgehead atoms. The molecule has 2 aromatic carbocycles. The minimum absolute atomic E-state index is 0.0189. The number of carbonyl (C=O) groups is 1. The molecule has 0 aliphatic rings. The van der Waals surface area contributed by atoms with Crippen LogP contribution in [0, 0.1) is 18.9 Å². The number of hydrogen-bond acceptors (Lipinski definition) is 6. The third kappa shape index (κ3) is 9.07. The van der Waals surface area contributed by atoms with Crippen LogP contribution in [0.3, 0.4) is 0 Å². The number of nitrogens with zero attached hydrogens (tertiary/aromatic N) is 3. The van der Waals surface area contributed by atoms with E-state index in [0.29, 0.717) is 48.6 Å². The number of hydrogen-bond donors (Lipinski definition) is 1. The van der Waals surface area contributed by atoms with Gasteiger partial charge < -0.3 is 19.5 Å². The highest BCUT2D eigenvalue weighted by atomic mass is 16.6. The normalized spacial score (nSPS) is 11.4. The third-order valence-electron chi connectivity index (χ3n) is 5.10. The van der Waals surface area contributed by atoms with E-state index in [2.05, 4.69) is 40.9 Å². The van der Waals surface area contributed by atoms with Crippen LogP contribution >= 0.6 is 0 Å². The Hall–Kier alpha value is -4.12. The maximum absolute atomic E-state index is 11.9. The number of ether oxygens (including phenoxy) is 3. The molecule has 0 saturated heterocycles. The Bertz CT molecular complexity index is 1300. The van der Waals surface area contributed by atoms with E-state index in [1.165, 1.54) is 0 Å². The minimum atomic E-state index is -0.528. The first kappa shape index (κ1) is 28.5. The quantitative estimate of drug-likeness (QED) is 0.316. The summed E-state index contributed by atoms with van der Waals surface area (Å²) in [5.74, 6) is 1.82. The molecular formula is C30H36N4O4. The van der Waals surface area contributed by atoms with Crippen molar-refractivity contribution in [1.82, 2.24) is 15.3 Å². The molecule has 200 valence electrons. The number of benzene rings is 2. The fraction of sp³-hybridized carbons (Fsp3) is 0.400. The zero-order valence-corrected chi connectivity index (χ0v) is 23.2. The van der Waals surface area contributed by atoms with Crippen LogP contribution in [0.2, 0.25) is 0 Å². The highest BCUT2D eigenvalue weighted by molar-refractivity contribution is 5.74. The Morgan fingerprint density at radius 1 is 0.974 bits per heavy atom. The Balaban J connectivity index is 1.77. The summed E-state index contributed by atoms with van der Waals surface area (Å²) in [6, 6.07) is 15.0. The second kappa shape index (κ2) is 12.0. The van der Waals surface area contributed by atoms with Crippen LogP contribution in [0.1, 0.15) is 52.9 Å². The summed E-state index contributed by atoms with van der Waals surface area (Å²) in [6.07, 6.45) is 0.236. The molecule has 0 aliphatic heterocycles. The topological polar surface area (TPSA) is 86.9 Å². The molecule has 0 radical (unpaired) electrons. The lowest BCUT2D eigenvalue weighted by atomic mass is 9.99. The van der Waals surface area contributed by atoms with Crippen LogP contribution < -0.4 is 14.8 Å². The molecule has 0 aliphatic carbocycles. The summed E-state index contributed by atoms with van der Waals surface area (Å²) < 4.78 is 17.3. The van der Waals surface area contributed by atoms with Gasteiger partial charge in [-0.3, -0.25) is 0 Å². The van der Waals surface area contributed by atoms with Crippen LogP contribution in [0.4, 0.5) is 10.5 Å². The van der Waals surface area contributed by atoms with Crippen molar-refractivity contribution in [2.45, 2.75) is 60.5 Å². The van der Waals surface area contributed by atoms with Gasteiger partial charge in [-0.2, -0.15) is 9.97 Å². The van der Waals surface area contributed by atoms with E-state index in [4.69, 9.17) is 20.8 Å². The van der Waals surface area contributed by atoms with Crippen molar-refractivity contribution < 1.29 is 19.0 Å². The summed E-state index contributed by atoms with van der Waals surface area (Å²) in [6.45, 7) is 21.9.